The number of benzene rings is 4. The number of methoxy groups -OCH3 is 2. The van der Waals surface area contributed by atoms with Gasteiger partial charge in [0.1, 0.15) is 34.9 Å². The Morgan fingerprint density at radius 1 is 0.561 bits per heavy atom. The van der Waals surface area contributed by atoms with E-state index in [0.29, 0.717) is 33.8 Å². The van der Waals surface area contributed by atoms with E-state index in [1.807, 2.05) is 111 Å². The lowest BCUT2D eigenvalue weighted by molar-refractivity contribution is -0.172. The highest BCUT2D eigenvalue weighted by Gasteiger charge is 2.62. The molecular formula is C35H38O6. The first-order valence-corrected chi connectivity index (χ1v) is 13.8. The lowest BCUT2D eigenvalue weighted by Crippen LogP contribution is -2.55. The van der Waals surface area contributed by atoms with Crippen LogP contribution in [0.5, 0.6) is 11.5 Å². The van der Waals surface area contributed by atoms with E-state index >= 15 is 0 Å². The van der Waals surface area contributed by atoms with E-state index in [2.05, 4.69) is 0 Å². The molecule has 0 aromatic heterocycles. The molecule has 0 aliphatic carbocycles. The molecule has 2 unspecified atom stereocenters. The third kappa shape index (κ3) is 4.81. The van der Waals surface area contributed by atoms with Crippen LogP contribution in [0, 0.1) is 13.8 Å². The number of rotatable bonds is 8. The van der Waals surface area contributed by atoms with Crippen molar-refractivity contribution >= 4 is 0 Å². The van der Waals surface area contributed by atoms with Gasteiger partial charge in [0.25, 0.3) is 0 Å². The first kappa shape index (κ1) is 28.8. The predicted octanol–water partition coefficient (Wildman–Crippen LogP) is 6.01. The summed E-state index contributed by atoms with van der Waals surface area (Å²) in [5.41, 5.74) is 0.347. The van der Waals surface area contributed by atoms with Crippen LogP contribution >= 0.6 is 0 Å². The zero-order valence-electron chi connectivity index (χ0n) is 24.4. The highest BCUT2D eigenvalue weighted by atomic mass is 16.8. The molecule has 0 bridgehead atoms. The van der Waals surface area contributed by atoms with E-state index in [-0.39, 0.29) is 0 Å². The standard InChI is InChI=1S/C35H38O6/c1-23-15-7-9-17-25(23)34(36,27-19-11-13-21-29(27)38-5)31-32(41-33(3,4)40-31)35(37,26-18-10-8-16-24(26)2)28-20-12-14-22-30(28)39-6/h7-22,31-32,36-37H,1-6H3/t31-,32-,34?,35?/m1/s1. The van der Waals surface area contributed by atoms with Crippen molar-refractivity contribution in [2.24, 2.45) is 0 Å². The fraction of sp³-hybridized carbons (Fsp3) is 0.314. The van der Waals surface area contributed by atoms with Crippen LogP contribution in [0.3, 0.4) is 0 Å². The molecule has 6 nitrogen and oxygen atoms in total. The first-order chi connectivity index (χ1) is 19.6. The Morgan fingerprint density at radius 2 is 0.878 bits per heavy atom. The van der Waals surface area contributed by atoms with Gasteiger partial charge in [0, 0.05) is 11.1 Å². The lowest BCUT2D eigenvalue weighted by Gasteiger charge is -2.43. The average molecular weight is 555 g/mol. The maximum Gasteiger partial charge on any atom is 0.164 e. The topological polar surface area (TPSA) is 77.4 Å². The van der Waals surface area contributed by atoms with Crippen LogP contribution in [0.2, 0.25) is 0 Å². The molecule has 2 N–H and O–H groups in total. The van der Waals surface area contributed by atoms with Crippen LogP contribution in [0.25, 0.3) is 0 Å². The lowest BCUT2D eigenvalue weighted by atomic mass is 9.70. The van der Waals surface area contributed by atoms with Gasteiger partial charge in [-0.15, -0.1) is 0 Å². The molecule has 0 radical (unpaired) electrons. The molecular weight excluding hydrogens is 516 g/mol. The summed E-state index contributed by atoms with van der Waals surface area (Å²) in [6.07, 6.45) is -2.19. The summed E-state index contributed by atoms with van der Waals surface area (Å²) < 4.78 is 24.9. The van der Waals surface area contributed by atoms with Gasteiger partial charge in [-0.3, -0.25) is 0 Å². The highest BCUT2D eigenvalue weighted by molar-refractivity contribution is 5.52. The van der Waals surface area contributed by atoms with E-state index in [0.717, 1.165) is 11.1 Å². The molecule has 4 atom stereocenters. The minimum absolute atomic E-state index is 0.488. The third-order valence-electron chi connectivity index (χ3n) is 8.07. The summed E-state index contributed by atoms with van der Waals surface area (Å²) in [6.45, 7) is 7.47. The summed E-state index contributed by atoms with van der Waals surface area (Å²) >= 11 is 0. The Balaban J connectivity index is 1.86. The fourth-order valence-corrected chi connectivity index (χ4v) is 6.19. The largest absolute Gasteiger partial charge is 0.496 e. The van der Waals surface area contributed by atoms with E-state index in [9.17, 15) is 10.2 Å². The van der Waals surface area contributed by atoms with Gasteiger partial charge in [0.15, 0.2) is 5.79 Å². The molecule has 1 fully saturated rings. The summed E-state index contributed by atoms with van der Waals surface area (Å²) in [7, 11) is 3.14. The second-order valence-electron chi connectivity index (χ2n) is 11.0. The van der Waals surface area contributed by atoms with Crippen LogP contribution in [-0.2, 0) is 20.7 Å². The van der Waals surface area contributed by atoms with E-state index in [1.54, 1.807) is 28.1 Å². The molecule has 4 aromatic rings. The monoisotopic (exact) mass is 554 g/mol. The van der Waals surface area contributed by atoms with Crippen LogP contribution < -0.4 is 9.47 Å². The van der Waals surface area contributed by atoms with Gasteiger partial charge in [-0.05, 0) is 62.1 Å². The minimum Gasteiger partial charge on any atom is -0.496 e. The molecule has 0 spiro atoms. The molecule has 0 saturated carbocycles. The van der Waals surface area contributed by atoms with Crippen molar-refractivity contribution in [2.75, 3.05) is 14.2 Å². The summed E-state index contributed by atoms with van der Waals surface area (Å²) in [6, 6.07) is 29.9. The summed E-state index contributed by atoms with van der Waals surface area (Å²) in [5, 5.41) is 26.3. The van der Waals surface area contributed by atoms with Crippen molar-refractivity contribution in [2.45, 2.75) is 56.9 Å². The van der Waals surface area contributed by atoms with Crippen molar-refractivity contribution in [3.63, 3.8) is 0 Å². The van der Waals surface area contributed by atoms with Gasteiger partial charge < -0.3 is 29.2 Å². The van der Waals surface area contributed by atoms with Crippen molar-refractivity contribution in [1.82, 2.24) is 0 Å². The molecule has 1 saturated heterocycles. The summed E-state index contributed by atoms with van der Waals surface area (Å²) in [4.78, 5) is 0. The van der Waals surface area contributed by atoms with Crippen molar-refractivity contribution < 1.29 is 29.2 Å². The second kappa shape index (κ2) is 11.0. The van der Waals surface area contributed by atoms with Crippen LogP contribution in [0.1, 0.15) is 47.2 Å². The zero-order valence-corrected chi connectivity index (χ0v) is 24.4. The maximum atomic E-state index is 13.2. The number of hydrogen-bond donors (Lipinski definition) is 2. The normalized spacial score (nSPS) is 21.1. The van der Waals surface area contributed by atoms with Gasteiger partial charge >= 0.3 is 0 Å². The van der Waals surface area contributed by atoms with Gasteiger partial charge in [0.05, 0.1) is 14.2 Å². The number of aryl methyl sites for hydroxylation is 2. The smallest absolute Gasteiger partial charge is 0.164 e. The molecule has 1 aliphatic rings. The Bertz CT molecular complexity index is 1420. The number of hydrogen-bond acceptors (Lipinski definition) is 6. The Kier molecular flexibility index (Phi) is 7.70. The quantitative estimate of drug-likeness (QED) is 0.278. The maximum absolute atomic E-state index is 13.2. The highest BCUT2D eigenvalue weighted by Crippen LogP contribution is 2.53. The second-order valence-corrected chi connectivity index (χ2v) is 11.0. The SMILES string of the molecule is COc1ccccc1C(O)(c1ccccc1C)[C@@H]1OC(C)(C)O[C@H]1C(O)(c1ccccc1C)c1ccccc1OC. The third-order valence-corrected chi connectivity index (χ3v) is 8.07. The molecule has 0 amide bonds. The Labute approximate surface area is 242 Å². The van der Waals surface area contributed by atoms with Crippen molar-refractivity contribution in [3.8, 4) is 11.5 Å². The first-order valence-electron chi connectivity index (χ1n) is 13.8. The van der Waals surface area contributed by atoms with Crippen molar-refractivity contribution in [1.29, 1.82) is 0 Å². The van der Waals surface area contributed by atoms with Crippen LogP contribution in [0.4, 0.5) is 0 Å². The predicted molar refractivity (Wildman–Crippen MR) is 158 cm³/mol. The number of para-hydroxylation sites is 2. The Hall–Kier alpha value is -3.68. The molecule has 1 aliphatic heterocycles. The van der Waals surface area contributed by atoms with Crippen LogP contribution in [-0.4, -0.2) is 42.4 Å². The fourth-order valence-electron chi connectivity index (χ4n) is 6.19. The molecule has 214 valence electrons. The summed E-state index contributed by atoms with van der Waals surface area (Å²) in [5.74, 6) is -0.184. The van der Waals surface area contributed by atoms with E-state index in [1.165, 1.54) is 0 Å². The average Bonchev–Trinajstić information content (AvgIpc) is 3.33. The molecule has 6 heteroatoms. The van der Waals surface area contributed by atoms with Gasteiger partial charge in [-0.1, -0.05) is 84.9 Å². The van der Waals surface area contributed by atoms with Gasteiger partial charge in [-0.25, -0.2) is 0 Å². The van der Waals surface area contributed by atoms with Gasteiger partial charge in [0.2, 0.25) is 0 Å². The van der Waals surface area contributed by atoms with E-state index < -0.39 is 29.2 Å². The molecule has 5 rings (SSSR count). The van der Waals surface area contributed by atoms with E-state index in [4.69, 9.17) is 18.9 Å². The minimum atomic E-state index is -1.80. The molecule has 41 heavy (non-hydrogen) atoms. The van der Waals surface area contributed by atoms with Crippen LogP contribution in [0.15, 0.2) is 97.1 Å². The molecule has 4 aromatic carbocycles. The van der Waals surface area contributed by atoms with Gasteiger partial charge in [-0.2, -0.15) is 0 Å². The molecule has 1 heterocycles. The number of aliphatic hydroxyl groups is 2. The van der Waals surface area contributed by atoms with Crippen molar-refractivity contribution in [3.05, 3.63) is 130 Å². The zero-order chi connectivity index (χ0) is 29.4. The Morgan fingerprint density at radius 3 is 1.22 bits per heavy atom. The number of ether oxygens (including phenoxy) is 4.